The lowest BCUT2D eigenvalue weighted by Crippen LogP contribution is -1.94. The monoisotopic (exact) mass is 282 g/mol. The Balaban J connectivity index is 1.75. The van der Waals surface area contributed by atoms with Gasteiger partial charge in [0.1, 0.15) is 5.75 Å². The van der Waals surface area contributed by atoms with Crippen LogP contribution < -0.4 is 4.74 Å². The molecule has 0 aliphatic carbocycles. The van der Waals surface area contributed by atoms with Crippen LogP contribution in [0.2, 0.25) is 0 Å². The van der Waals surface area contributed by atoms with Crippen LogP contribution in [0, 0.1) is 0 Å². The van der Waals surface area contributed by atoms with Crippen LogP contribution >= 0.6 is 0 Å². The molecule has 0 aliphatic rings. The fraction of sp³-hybridized carbons (Fsp3) is 0.263. The van der Waals surface area contributed by atoms with Gasteiger partial charge in [-0.3, -0.25) is 0 Å². The molecule has 0 aromatic heterocycles. The Labute approximate surface area is 127 Å². The zero-order valence-corrected chi connectivity index (χ0v) is 12.7. The lowest BCUT2D eigenvalue weighted by molar-refractivity contribution is 0.125. The molecule has 2 rings (SSSR count). The van der Waals surface area contributed by atoms with Crippen molar-refractivity contribution >= 4 is 5.57 Å². The van der Waals surface area contributed by atoms with Crippen molar-refractivity contribution in [3.05, 3.63) is 71.8 Å². The van der Waals surface area contributed by atoms with Gasteiger partial charge in [-0.1, -0.05) is 48.5 Å². The minimum atomic E-state index is 0.677. The zero-order valence-electron chi connectivity index (χ0n) is 12.7. The van der Waals surface area contributed by atoms with Crippen LogP contribution in [0.3, 0.4) is 0 Å². The van der Waals surface area contributed by atoms with Crippen molar-refractivity contribution in [2.45, 2.75) is 20.0 Å². The molecular formula is C19H22O2. The molecule has 21 heavy (non-hydrogen) atoms. The first-order valence-corrected chi connectivity index (χ1v) is 7.22. The number of hydrogen-bond donors (Lipinski definition) is 0. The average Bonchev–Trinajstić information content (AvgIpc) is 2.55. The number of rotatable bonds is 7. The Bertz CT molecular complexity index is 556. The Morgan fingerprint density at radius 3 is 2.38 bits per heavy atom. The SMILES string of the molecule is COc1ccc(/C(C)=C/CCOCc2ccccc2)cc1. The lowest BCUT2D eigenvalue weighted by Gasteiger charge is -2.05. The summed E-state index contributed by atoms with van der Waals surface area (Å²) in [4.78, 5) is 0. The number of hydrogen-bond acceptors (Lipinski definition) is 2. The molecule has 0 saturated heterocycles. The molecule has 0 saturated carbocycles. The highest BCUT2D eigenvalue weighted by molar-refractivity contribution is 5.64. The Hall–Kier alpha value is -2.06. The molecule has 0 radical (unpaired) electrons. The Kier molecular flexibility index (Phi) is 6.04. The Morgan fingerprint density at radius 1 is 1.00 bits per heavy atom. The fourth-order valence-electron chi connectivity index (χ4n) is 2.09. The van der Waals surface area contributed by atoms with E-state index < -0.39 is 0 Å². The molecule has 0 amide bonds. The second kappa shape index (κ2) is 8.28. The van der Waals surface area contributed by atoms with E-state index in [2.05, 4.69) is 37.3 Å². The van der Waals surface area contributed by atoms with Crippen molar-refractivity contribution in [1.29, 1.82) is 0 Å². The molecule has 0 bridgehead atoms. The second-order valence-electron chi connectivity index (χ2n) is 4.94. The first-order chi connectivity index (χ1) is 10.3. The maximum atomic E-state index is 5.68. The van der Waals surface area contributed by atoms with Gasteiger partial charge in [0.2, 0.25) is 0 Å². The number of ether oxygens (including phenoxy) is 2. The predicted molar refractivity (Wildman–Crippen MR) is 87.4 cm³/mol. The third-order valence-corrected chi connectivity index (χ3v) is 3.37. The molecule has 0 spiro atoms. The van der Waals surface area contributed by atoms with E-state index in [0.29, 0.717) is 6.61 Å². The number of benzene rings is 2. The van der Waals surface area contributed by atoms with Gasteiger partial charge in [-0.25, -0.2) is 0 Å². The number of methoxy groups -OCH3 is 1. The summed E-state index contributed by atoms with van der Waals surface area (Å²) >= 11 is 0. The smallest absolute Gasteiger partial charge is 0.118 e. The molecule has 2 aromatic rings. The van der Waals surface area contributed by atoms with E-state index in [-0.39, 0.29) is 0 Å². The first kappa shape index (κ1) is 15.3. The summed E-state index contributed by atoms with van der Waals surface area (Å²) in [7, 11) is 1.68. The molecule has 0 aliphatic heterocycles. The summed E-state index contributed by atoms with van der Waals surface area (Å²) in [6, 6.07) is 18.4. The Morgan fingerprint density at radius 2 is 1.71 bits per heavy atom. The van der Waals surface area contributed by atoms with Gasteiger partial charge in [0.15, 0.2) is 0 Å². The van der Waals surface area contributed by atoms with E-state index in [1.54, 1.807) is 7.11 Å². The van der Waals surface area contributed by atoms with E-state index in [0.717, 1.165) is 18.8 Å². The molecule has 2 aromatic carbocycles. The van der Waals surface area contributed by atoms with E-state index in [9.17, 15) is 0 Å². The van der Waals surface area contributed by atoms with Crippen molar-refractivity contribution in [3.63, 3.8) is 0 Å². The van der Waals surface area contributed by atoms with E-state index >= 15 is 0 Å². The highest BCUT2D eigenvalue weighted by atomic mass is 16.5. The van der Waals surface area contributed by atoms with Crippen molar-refractivity contribution in [2.24, 2.45) is 0 Å². The van der Waals surface area contributed by atoms with Gasteiger partial charge in [0, 0.05) is 0 Å². The minimum Gasteiger partial charge on any atom is -0.497 e. The standard InChI is InChI=1S/C19H22O2/c1-16(18-10-12-19(20-2)13-11-18)7-6-14-21-15-17-8-4-3-5-9-17/h3-5,7-13H,6,14-15H2,1-2H3/b16-7+. The molecule has 0 atom stereocenters. The van der Waals surface area contributed by atoms with E-state index in [1.165, 1.54) is 16.7 Å². The van der Waals surface area contributed by atoms with Crippen molar-refractivity contribution in [2.75, 3.05) is 13.7 Å². The molecule has 0 unspecified atom stereocenters. The zero-order chi connectivity index (χ0) is 14.9. The summed E-state index contributed by atoms with van der Waals surface area (Å²) in [5, 5.41) is 0. The summed E-state index contributed by atoms with van der Waals surface area (Å²) < 4.78 is 10.8. The second-order valence-corrected chi connectivity index (χ2v) is 4.94. The average molecular weight is 282 g/mol. The minimum absolute atomic E-state index is 0.677. The maximum absolute atomic E-state index is 5.68. The fourth-order valence-corrected chi connectivity index (χ4v) is 2.09. The summed E-state index contributed by atoms with van der Waals surface area (Å²) in [6.45, 7) is 3.54. The molecule has 2 heteroatoms. The normalized spacial score (nSPS) is 11.4. The largest absolute Gasteiger partial charge is 0.497 e. The van der Waals surface area contributed by atoms with Gasteiger partial charge in [0.25, 0.3) is 0 Å². The summed E-state index contributed by atoms with van der Waals surface area (Å²) in [5.74, 6) is 0.887. The van der Waals surface area contributed by atoms with Crippen LogP contribution in [0.5, 0.6) is 5.75 Å². The van der Waals surface area contributed by atoms with E-state index in [1.807, 2.05) is 30.3 Å². The van der Waals surface area contributed by atoms with Crippen molar-refractivity contribution in [1.82, 2.24) is 0 Å². The lowest BCUT2D eigenvalue weighted by atomic mass is 10.1. The van der Waals surface area contributed by atoms with Crippen LogP contribution in [0.1, 0.15) is 24.5 Å². The highest BCUT2D eigenvalue weighted by Crippen LogP contribution is 2.18. The predicted octanol–water partition coefficient (Wildman–Crippen LogP) is 4.71. The van der Waals surface area contributed by atoms with Crippen molar-refractivity contribution in [3.8, 4) is 5.75 Å². The molecular weight excluding hydrogens is 260 g/mol. The quantitative estimate of drug-likeness (QED) is 0.685. The van der Waals surface area contributed by atoms with Gasteiger partial charge in [0.05, 0.1) is 20.3 Å². The van der Waals surface area contributed by atoms with Crippen LogP contribution in [0.15, 0.2) is 60.7 Å². The molecule has 0 heterocycles. The number of allylic oxidation sites excluding steroid dienone is 1. The summed E-state index contributed by atoms with van der Waals surface area (Å²) in [6.07, 6.45) is 3.14. The van der Waals surface area contributed by atoms with Crippen molar-refractivity contribution < 1.29 is 9.47 Å². The molecule has 0 N–H and O–H groups in total. The third-order valence-electron chi connectivity index (χ3n) is 3.37. The first-order valence-electron chi connectivity index (χ1n) is 7.22. The van der Waals surface area contributed by atoms with Gasteiger partial charge in [-0.15, -0.1) is 0 Å². The van der Waals surface area contributed by atoms with Gasteiger partial charge in [-0.2, -0.15) is 0 Å². The van der Waals surface area contributed by atoms with Crippen LogP contribution in [-0.2, 0) is 11.3 Å². The maximum Gasteiger partial charge on any atom is 0.118 e. The summed E-state index contributed by atoms with van der Waals surface area (Å²) in [5.41, 5.74) is 3.70. The highest BCUT2D eigenvalue weighted by Gasteiger charge is 1.97. The molecule has 0 fully saturated rings. The van der Waals surface area contributed by atoms with Gasteiger partial charge in [-0.05, 0) is 42.2 Å². The van der Waals surface area contributed by atoms with Gasteiger partial charge < -0.3 is 9.47 Å². The molecule has 110 valence electrons. The topological polar surface area (TPSA) is 18.5 Å². The third kappa shape index (κ3) is 5.09. The van der Waals surface area contributed by atoms with E-state index in [4.69, 9.17) is 9.47 Å². The van der Waals surface area contributed by atoms with Gasteiger partial charge >= 0.3 is 0 Å². The van der Waals surface area contributed by atoms with Crippen LogP contribution in [0.25, 0.3) is 5.57 Å². The van der Waals surface area contributed by atoms with Crippen LogP contribution in [-0.4, -0.2) is 13.7 Å². The van der Waals surface area contributed by atoms with Crippen LogP contribution in [0.4, 0.5) is 0 Å². The molecule has 2 nitrogen and oxygen atoms in total.